The third kappa shape index (κ3) is 6.22. The van der Waals surface area contributed by atoms with E-state index in [0.29, 0.717) is 37.1 Å². The van der Waals surface area contributed by atoms with E-state index in [1.54, 1.807) is 19.2 Å². The Morgan fingerprint density at radius 1 is 1.00 bits per heavy atom. The first-order valence-electron chi connectivity index (χ1n) is 23.5. The zero-order valence-electron chi connectivity index (χ0n) is 38.8. The van der Waals surface area contributed by atoms with Crippen molar-refractivity contribution in [1.82, 2.24) is 20.1 Å². The maximum atomic E-state index is 15.5. The molecular formula is C53H63N5O7. The molecule has 1 spiro atoms. The monoisotopic (exact) mass is 881 g/mol. The fraction of sp³-hybridized carbons (Fsp3) is 0.491. The van der Waals surface area contributed by atoms with Crippen LogP contribution in [0.5, 0.6) is 5.75 Å². The van der Waals surface area contributed by atoms with Gasteiger partial charge in [0.2, 0.25) is 0 Å². The summed E-state index contributed by atoms with van der Waals surface area (Å²) in [6, 6.07) is 19.1. The van der Waals surface area contributed by atoms with Crippen molar-refractivity contribution in [3.8, 4) is 5.75 Å². The number of aryl methyl sites for hydroxylation is 1. The number of hydrogen-bond donors (Lipinski definition) is 3. The van der Waals surface area contributed by atoms with Gasteiger partial charge >= 0.3 is 11.9 Å². The summed E-state index contributed by atoms with van der Waals surface area (Å²) in [6.45, 7) is 11.5. The van der Waals surface area contributed by atoms with Gasteiger partial charge in [-0.2, -0.15) is 0 Å². The number of ether oxygens (including phenoxy) is 3. The van der Waals surface area contributed by atoms with Gasteiger partial charge < -0.3 is 34.5 Å². The highest BCUT2D eigenvalue weighted by molar-refractivity contribution is 5.95. The predicted molar refractivity (Wildman–Crippen MR) is 250 cm³/mol. The summed E-state index contributed by atoms with van der Waals surface area (Å²) in [5.41, 5.74) is 3.60. The van der Waals surface area contributed by atoms with Gasteiger partial charge in [0.1, 0.15) is 22.9 Å². The molecule has 3 unspecified atom stereocenters. The van der Waals surface area contributed by atoms with Gasteiger partial charge in [-0.25, -0.2) is 0 Å². The number of benzene rings is 3. The minimum absolute atomic E-state index is 0.0290. The number of hydrogen-bond acceptors (Lipinski definition) is 10. The van der Waals surface area contributed by atoms with Crippen LogP contribution in [0.25, 0.3) is 10.9 Å². The summed E-state index contributed by atoms with van der Waals surface area (Å²) >= 11 is 0. The number of aliphatic hydroxyl groups is 1. The zero-order chi connectivity index (χ0) is 45.6. The number of aromatic nitrogens is 1. The van der Waals surface area contributed by atoms with Crippen molar-refractivity contribution in [2.75, 3.05) is 65.4 Å². The first kappa shape index (κ1) is 43.5. The van der Waals surface area contributed by atoms with Crippen molar-refractivity contribution >= 4 is 34.4 Å². The standard InChI is InChI=1S/C53H63N5O7/c1-8-34-25-35-28-52(49(61)64-7,44-38(19-23-57(29-34)30-35)37-13-10-11-14-41(37)55-44)40-26-39-42(27-43(40)63-6)56(5)47-51(39)21-24-58-22-12-20-50(9-2,46(51)58)48(65-33(4)59)53(47,62)31-54-45(60)36-17-15-32(3)16-18-36/h10-18,20,25-27,35,46-48,55,62H,8-9,19,21-24,28-31H2,1-7H3,(H,54,60)/t35-,46?,47+,48+,50+,51+,52-,53?/m0/s1. The molecule has 12 nitrogen and oxygen atoms in total. The number of anilines is 1. The normalized spacial score (nSPS) is 32.2. The van der Waals surface area contributed by atoms with Crippen molar-refractivity contribution in [3.05, 3.63) is 118 Å². The topological polar surface area (TPSA) is 137 Å². The van der Waals surface area contributed by atoms with Crippen LogP contribution >= 0.6 is 0 Å². The van der Waals surface area contributed by atoms with Crippen molar-refractivity contribution in [1.29, 1.82) is 0 Å². The first-order valence-corrected chi connectivity index (χ1v) is 23.5. The molecular weight excluding hydrogens is 819 g/mol. The van der Waals surface area contributed by atoms with E-state index in [2.05, 4.69) is 87.4 Å². The van der Waals surface area contributed by atoms with Gasteiger partial charge in [-0.05, 0) is 86.9 Å². The number of aromatic amines is 1. The number of carbonyl (C=O) groups excluding carboxylic acids is 3. The third-order valence-electron chi connectivity index (χ3n) is 16.5. The van der Waals surface area contributed by atoms with Crippen LogP contribution in [0.3, 0.4) is 0 Å². The van der Waals surface area contributed by atoms with Crippen molar-refractivity contribution < 1.29 is 33.7 Å². The third-order valence-corrected chi connectivity index (χ3v) is 16.5. The highest BCUT2D eigenvalue weighted by Gasteiger charge is 2.78. The molecule has 1 aromatic heterocycles. The van der Waals surface area contributed by atoms with Crippen LogP contribution in [0.4, 0.5) is 5.69 Å². The second-order valence-corrected chi connectivity index (χ2v) is 19.7. The Morgan fingerprint density at radius 2 is 1.78 bits per heavy atom. The summed E-state index contributed by atoms with van der Waals surface area (Å²) in [6.07, 6.45) is 9.05. The highest BCUT2D eigenvalue weighted by atomic mass is 16.6. The van der Waals surface area contributed by atoms with Crippen molar-refractivity contribution in [2.45, 2.75) is 94.4 Å². The van der Waals surface area contributed by atoms with E-state index in [-0.39, 0.29) is 30.4 Å². The number of esters is 2. The summed E-state index contributed by atoms with van der Waals surface area (Å²) in [4.78, 5) is 53.8. The molecule has 4 aromatic rings. The van der Waals surface area contributed by atoms with Gasteiger partial charge in [0.25, 0.3) is 5.91 Å². The number of likely N-dealkylation sites (N-methyl/N-ethyl adjacent to an activating group) is 1. The Hall–Kier alpha value is -5.43. The van der Waals surface area contributed by atoms with Gasteiger partial charge in [-0.1, -0.05) is 73.5 Å². The number of nitrogens with one attached hydrogen (secondary N) is 2. The van der Waals surface area contributed by atoms with Gasteiger partial charge in [0.15, 0.2) is 0 Å². The Bertz CT molecular complexity index is 2640. The Labute approximate surface area is 382 Å². The van der Waals surface area contributed by atoms with Crippen LogP contribution in [0.15, 0.2) is 84.5 Å². The van der Waals surface area contributed by atoms with E-state index in [4.69, 9.17) is 14.2 Å². The van der Waals surface area contributed by atoms with E-state index >= 15 is 4.79 Å². The molecule has 12 heteroatoms. The lowest BCUT2D eigenvalue weighted by molar-refractivity contribution is -0.216. The van der Waals surface area contributed by atoms with E-state index in [1.165, 1.54) is 19.6 Å². The van der Waals surface area contributed by atoms with E-state index in [0.717, 1.165) is 83.6 Å². The maximum Gasteiger partial charge on any atom is 0.322 e. The molecule has 1 saturated heterocycles. The average molecular weight is 882 g/mol. The van der Waals surface area contributed by atoms with Gasteiger partial charge in [-0.3, -0.25) is 24.2 Å². The van der Waals surface area contributed by atoms with Crippen LogP contribution in [0, 0.1) is 18.3 Å². The summed E-state index contributed by atoms with van der Waals surface area (Å²) < 4.78 is 19.0. The number of fused-ring (bicyclic) bond motifs is 6. The van der Waals surface area contributed by atoms with Crippen LogP contribution in [-0.4, -0.2) is 122 Å². The summed E-state index contributed by atoms with van der Waals surface area (Å²) in [5.74, 6) is -0.617. The SMILES string of the molecule is CCC1=C[C@@H]2CN(CCc3c([nH]c4ccccc34)[C@@](C(=O)OC)(c3cc4c(cc3OC)N(C)[C@H]3C(O)(CNC(=O)c5ccc(C)cc5)[C@H](OC(C)=O)[C@]5(CC)C=CCN6CC[C@]43C65)C2)C1. The fourth-order valence-electron chi connectivity index (χ4n) is 14.0. The summed E-state index contributed by atoms with van der Waals surface area (Å²) in [5, 5.41) is 18.2. The molecule has 0 radical (unpaired) electrons. The molecule has 10 rings (SSSR count). The quantitative estimate of drug-likeness (QED) is 0.129. The van der Waals surface area contributed by atoms with Crippen molar-refractivity contribution in [2.24, 2.45) is 11.3 Å². The number of amides is 1. The second-order valence-electron chi connectivity index (χ2n) is 19.7. The molecule has 6 heterocycles. The van der Waals surface area contributed by atoms with Crippen LogP contribution in [-0.2, 0) is 36.3 Å². The lowest BCUT2D eigenvalue weighted by atomic mass is 9.47. The lowest BCUT2D eigenvalue weighted by Crippen LogP contribution is -2.81. The number of H-pyrrole nitrogens is 1. The van der Waals surface area contributed by atoms with Crippen LogP contribution < -0.4 is 15.0 Å². The number of rotatable bonds is 9. The second kappa shape index (κ2) is 15.9. The molecule has 1 amide bonds. The molecule has 6 aliphatic rings. The Kier molecular flexibility index (Phi) is 10.6. The molecule has 65 heavy (non-hydrogen) atoms. The molecule has 5 aliphatic heterocycles. The van der Waals surface area contributed by atoms with Gasteiger partial charge in [0.05, 0.1) is 26.8 Å². The summed E-state index contributed by atoms with van der Waals surface area (Å²) in [7, 11) is 5.14. The molecule has 342 valence electrons. The van der Waals surface area contributed by atoms with Crippen LogP contribution in [0.1, 0.15) is 84.8 Å². The Balaban J connectivity index is 1.23. The van der Waals surface area contributed by atoms with Crippen molar-refractivity contribution in [3.63, 3.8) is 0 Å². The smallest absolute Gasteiger partial charge is 0.322 e. The minimum atomic E-state index is -1.80. The minimum Gasteiger partial charge on any atom is -0.496 e. The van der Waals surface area contributed by atoms with Gasteiger partial charge in [-0.15, -0.1) is 0 Å². The number of para-hydroxylation sites is 1. The molecule has 2 bridgehead atoms. The number of methoxy groups -OCH3 is 2. The molecule has 9 atom stereocenters. The predicted octanol–water partition coefficient (Wildman–Crippen LogP) is 6.36. The van der Waals surface area contributed by atoms with E-state index < -0.39 is 40.0 Å². The molecule has 3 aromatic carbocycles. The Morgan fingerprint density at radius 3 is 2.51 bits per heavy atom. The number of nitrogens with zero attached hydrogens (tertiary/aromatic N) is 3. The first-order chi connectivity index (χ1) is 31.3. The largest absolute Gasteiger partial charge is 0.496 e. The highest BCUT2D eigenvalue weighted by Crippen LogP contribution is 2.68. The molecule has 1 aliphatic carbocycles. The number of carbonyl (C=O) groups is 3. The molecule has 3 N–H and O–H groups in total. The van der Waals surface area contributed by atoms with E-state index in [1.807, 2.05) is 32.2 Å². The van der Waals surface area contributed by atoms with Crippen LogP contribution in [0.2, 0.25) is 0 Å². The average Bonchev–Trinajstić information content (AvgIpc) is 3.97. The lowest BCUT2D eigenvalue weighted by Gasteiger charge is -2.64. The van der Waals surface area contributed by atoms with Gasteiger partial charge in [0, 0.05) is 96.5 Å². The van der Waals surface area contributed by atoms with E-state index in [9.17, 15) is 14.7 Å². The molecule has 1 saturated carbocycles. The maximum absolute atomic E-state index is 15.5. The fourth-order valence-corrected chi connectivity index (χ4v) is 14.0. The zero-order valence-corrected chi connectivity index (χ0v) is 38.8. The molecule has 2 fully saturated rings.